The number of hydrogen-bond donors (Lipinski definition) is 1. The van der Waals surface area contributed by atoms with Gasteiger partial charge in [0.2, 0.25) is 0 Å². The third kappa shape index (κ3) is 3.34. The molecule has 1 aromatic rings. The number of methoxy groups -OCH3 is 1. The number of nitrogens with two attached hydrogens (primary N) is 1. The molecule has 19 heavy (non-hydrogen) atoms. The van der Waals surface area contributed by atoms with Crippen LogP contribution in [-0.4, -0.2) is 19.8 Å². The molecule has 0 aromatic heterocycles. The second-order valence-electron chi connectivity index (χ2n) is 5.20. The molecule has 1 aliphatic carbocycles. The Labute approximate surface area is 120 Å². The summed E-state index contributed by atoms with van der Waals surface area (Å²) in [5.74, 6) is 1.63. The van der Waals surface area contributed by atoms with Crippen molar-refractivity contribution in [1.82, 2.24) is 0 Å². The van der Waals surface area contributed by atoms with Gasteiger partial charge in [-0.3, -0.25) is 0 Å². The Kier molecular flexibility index (Phi) is 4.94. The van der Waals surface area contributed by atoms with Crippen molar-refractivity contribution >= 4 is 11.6 Å². The Bertz CT molecular complexity index is 430. The van der Waals surface area contributed by atoms with Crippen molar-refractivity contribution in [3.63, 3.8) is 0 Å². The van der Waals surface area contributed by atoms with Crippen LogP contribution in [0, 0.1) is 0 Å². The largest absolute Gasteiger partial charge is 0.493 e. The van der Waals surface area contributed by atoms with E-state index in [0.717, 1.165) is 18.4 Å². The highest BCUT2D eigenvalue weighted by Crippen LogP contribution is 2.40. The lowest BCUT2D eigenvalue weighted by Gasteiger charge is -2.19. The highest BCUT2D eigenvalue weighted by molar-refractivity contribution is 6.32. The van der Waals surface area contributed by atoms with Crippen molar-refractivity contribution in [3.8, 4) is 11.5 Å². The standard InChI is InChI=1S/C15H22ClNO2/c1-10(9-17)11-7-13(16)15(14(8-11)18-2)19-12-5-3-4-6-12/h7-8,10,12H,3-6,9,17H2,1-2H3. The molecule has 1 fully saturated rings. The normalized spacial score (nSPS) is 17.5. The van der Waals surface area contributed by atoms with E-state index < -0.39 is 0 Å². The molecule has 2 N–H and O–H groups in total. The van der Waals surface area contributed by atoms with Gasteiger partial charge in [-0.15, -0.1) is 0 Å². The van der Waals surface area contributed by atoms with E-state index in [4.69, 9.17) is 26.8 Å². The van der Waals surface area contributed by atoms with Crippen molar-refractivity contribution in [2.75, 3.05) is 13.7 Å². The second kappa shape index (κ2) is 6.49. The summed E-state index contributed by atoms with van der Waals surface area (Å²) in [7, 11) is 1.64. The predicted molar refractivity (Wildman–Crippen MR) is 78.4 cm³/mol. The molecule has 1 aromatic carbocycles. The summed E-state index contributed by atoms with van der Waals surface area (Å²) in [6, 6.07) is 3.92. The zero-order chi connectivity index (χ0) is 13.8. The van der Waals surface area contributed by atoms with Crippen LogP contribution in [0.3, 0.4) is 0 Å². The summed E-state index contributed by atoms with van der Waals surface area (Å²) < 4.78 is 11.4. The average molecular weight is 284 g/mol. The fourth-order valence-corrected chi connectivity index (χ4v) is 2.71. The molecule has 0 saturated heterocycles. The maximum absolute atomic E-state index is 6.35. The second-order valence-corrected chi connectivity index (χ2v) is 5.60. The molecule has 106 valence electrons. The molecular formula is C15H22ClNO2. The van der Waals surface area contributed by atoms with Gasteiger partial charge in [-0.2, -0.15) is 0 Å². The Morgan fingerprint density at radius 1 is 1.37 bits per heavy atom. The Morgan fingerprint density at radius 2 is 2.05 bits per heavy atom. The van der Waals surface area contributed by atoms with Gasteiger partial charge < -0.3 is 15.2 Å². The zero-order valence-corrected chi connectivity index (χ0v) is 12.4. The van der Waals surface area contributed by atoms with Crippen LogP contribution in [0.5, 0.6) is 11.5 Å². The molecule has 1 unspecified atom stereocenters. The van der Waals surface area contributed by atoms with E-state index in [9.17, 15) is 0 Å². The molecular weight excluding hydrogens is 262 g/mol. The molecule has 2 rings (SSSR count). The maximum Gasteiger partial charge on any atom is 0.180 e. The number of ether oxygens (including phenoxy) is 2. The summed E-state index contributed by atoms with van der Waals surface area (Å²) in [6.07, 6.45) is 4.92. The fourth-order valence-electron chi connectivity index (χ4n) is 2.45. The molecule has 0 spiro atoms. The topological polar surface area (TPSA) is 44.5 Å². The van der Waals surface area contributed by atoms with E-state index in [1.807, 2.05) is 12.1 Å². The number of rotatable bonds is 5. The highest BCUT2D eigenvalue weighted by Gasteiger charge is 2.21. The van der Waals surface area contributed by atoms with E-state index in [0.29, 0.717) is 23.1 Å². The van der Waals surface area contributed by atoms with Gasteiger partial charge in [0.25, 0.3) is 0 Å². The average Bonchev–Trinajstić information content (AvgIpc) is 2.92. The monoisotopic (exact) mass is 283 g/mol. The van der Waals surface area contributed by atoms with Gasteiger partial charge in [-0.05, 0) is 55.8 Å². The van der Waals surface area contributed by atoms with Crippen LogP contribution in [-0.2, 0) is 0 Å². The van der Waals surface area contributed by atoms with Crippen molar-refractivity contribution in [2.24, 2.45) is 5.73 Å². The van der Waals surface area contributed by atoms with E-state index in [2.05, 4.69) is 6.92 Å². The maximum atomic E-state index is 6.35. The zero-order valence-electron chi connectivity index (χ0n) is 11.6. The van der Waals surface area contributed by atoms with Gasteiger partial charge >= 0.3 is 0 Å². The Morgan fingerprint density at radius 3 is 2.63 bits per heavy atom. The SMILES string of the molecule is COc1cc(C(C)CN)cc(Cl)c1OC1CCCC1. The molecule has 1 atom stereocenters. The van der Waals surface area contributed by atoms with E-state index in [1.54, 1.807) is 7.11 Å². The Balaban J connectivity index is 2.26. The summed E-state index contributed by atoms with van der Waals surface area (Å²) in [4.78, 5) is 0. The molecule has 0 aliphatic heterocycles. The summed E-state index contributed by atoms with van der Waals surface area (Å²) in [5, 5.41) is 0.613. The van der Waals surface area contributed by atoms with Crippen molar-refractivity contribution < 1.29 is 9.47 Å². The van der Waals surface area contributed by atoms with Gasteiger partial charge in [-0.25, -0.2) is 0 Å². The molecule has 3 nitrogen and oxygen atoms in total. The van der Waals surface area contributed by atoms with E-state index >= 15 is 0 Å². The number of hydrogen-bond acceptors (Lipinski definition) is 3. The first kappa shape index (κ1) is 14.5. The van der Waals surface area contributed by atoms with Crippen molar-refractivity contribution in [1.29, 1.82) is 0 Å². The van der Waals surface area contributed by atoms with Crippen molar-refractivity contribution in [2.45, 2.75) is 44.6 Å². The van der Waals surface area contributed by atoms with Gasteiger partial charge in [0, 0.05) is 0 Å². The molecule has 0 heterocycles. The minimum Gasteiger partial charge on any atom is -0.493 e. The van der Waals surface area contributed by atoms with Crippen LogP contribution >= 0.6 is 11.6 Å². The highest BCUT2D eigenvalue weighted by atomic mass is 35.5. The van der Waals surface area contributed by atoms with Crippen LogP contribution in [0.1, 0.15) is 44.1 Å². The molecule has 1 saturated carbocycles. The van der Waals surface area contributed by atoms with Crippen molar-refractivity contribution in [3.05, 3.63) is 22.7 Å². The van der Waals surface area contributed by atoms with Crippen LogP contribution < -0.4 is 15.2 Å². The molecule has 0 radical (unpaired) electrons. The number of benzene rings is 1. The van der Waals surface area contributed by atoms with E-state index in [1.165, 1.54) is 12.8 Å². The first-order valence-electron chi connectivity index (χ1n) is 6.89. The van der Waals surface area contributed by atoms with Crippen LogP contribution in [0.15, 0.2) is 12.1 Å². The third-order valence-electron chi connectivity index (χ3n) is 3.76. The lowest BCUT2D eigenvalue weighted by Crippen LogP contribution is -2.13. The molecule has 4 heteroatoms. The minimum atomic E-state index is 0.256. The Hall–Kier alpha value is -0.930. The minimum absolute atomic E-state index is 0.256. The van der Waals surface area contributed by atoms with Gasteiger partial charge in [-0.1, -0.05) is 18.5 Å². The predicted octanol–water partition coefficient (Wildman–Crippen LogP) is 3.73. The lowest BCUT2D eigenvalue weighted by molar-refractivity contribution is 0.201. The molecule has 1 aliphatic rings. The van der Waals surface area contributed by atoms with Gasteiger partial charge in [0.1, 0.15) is 0 Å². The smallest absolute Gasteiger partial charge is 0.180 e. The third-order valence-corrected chi connectivity index (χ3v) is 4.04. The summed E-state index contributed by atoms with van der Waals surface area (Å²) in [5.41, 5.74) is 6.79. The molecule has 0 amide bonds. The lowest BCUT2D eigenvalue weighted by atomic mass is 10.0. The van der Waals surface area contributed by atoms with Crippen LogP contribution in [0.25, 0.3) is 0 Å². The first-order chi connectivity index (χ1) is 9.15. The van der Waals surface area contributed by atoms with Gasteiger partial charge in [0.15, 0.2) is 11.5 Å². The first-order valence-corrected chi connectivity index (χ1v) is 7.27. The van der Waals surface area contributed by atoms with Gasteiger partial charge in [0.05, 0.1) is 18.2 Å². The quantitative estimate of drug-likeness (QED) is 0.895. The number of halogens is 1. The fraction of sp³-hybridized carbons (Fsp3) is 0.600. The van der Waals surface area contributed by atoms with Crippen LogP contribution in [0.4, 0.5) is 0 Å². The van der Waals surface area contributed by atoms with Crippen LogP contribution in [0.2, 0.25) is 5.02 Å². The molecule has 0 bridgehead atoms. The summed E-state index contributed by atoms with van der Waals surface area (Å²) >= 11 is 6.35. The summed E-state index contributed by atoms with van der Waals surface area (Å²) in [6.45, 7) is 2.66. The van der Waals surface area contributed by atoms with E-state index in [-0.39, 0.29) is 12.0 Å².